The molecule has 0 aromatic heterocycles. The van der Waals surface area contributed by atoms with Gasteiger partial charge in [0.05, 0.1) is 29.3 Å². The first kappa shape index (κ1) is 26.7. The molecule has 4 nitrogen and oxygen atoms in total. The minimum absolute atomic E-state index is 0.0559. The fourth-order valence-electron chi connectivity index (χ4n) is 8.57. The lowest BCUT2D eigenvalue weighted by Crippen LogP contribution is -2.60. The van der Waals surface area contributed by atoms with Gasteiger partial charge in [0.2, 0.25) is 5.91 Å². The fraction of sp³-hybridized carbons (Fsp3) is 0.667. The molecule has 4 heteroatoms. The zero-order valence-electron chi connectivity index (χ0n) is 23.8. The quantitative estimate of drug-likeness (QED) is 0.431. The second-order valence-electron chi connectivity index (χ2n) is 14.0. The maximum atomic E-state index is 13.9. The molecule has 7 atom stereocenters. The van der Waals surface area contributed by atoms with Crippen LogP contribution in [0, 0.1) is 22.7 Å². The zero-order valence-corrected chi connectivity index (χ0v) is 23.8. The number of aliphatic hydroxyl groups is 1. The van der Waals surface area contributed by atoms with Gasteiger partial charge in [0.25, 0.3) is 0 Å². The highest BCUT2D eigenvalue weighted by Crippen LogP contribution is 2.65. The zero-order chi connectivity index (χ0) is 27.0. The van der Waals surface area contributed by atoms with Crippen LogP contribution >= 0.6 is 0 Å². The summed E-state index contributed by atoms with van der Waals surface area (Å²) in [4.78, 5) is 15.8. The molecular formula is C33H47NO3. The van der Waals surface area contributed by atoms with Gasteiger partial charge in [0.15, 0.2) is 0 Å². The molecule has 2 saturated carbocycles. The topological polar surface area (TPSA) is 49.8 Å². The van der Waals surface area contributed by atoms with E-state index in [1.165, 1.54) is 5.57 Å². The number of allylic oxidation sites excluding steroid dienone is 1. The molecule has 0 radical (unpaired) electrons. The molecule has 1 saturated heterocycles. The Morgan fingerprint density at radius 2 is 1.81 bits per heavy atom. The lowest BCUT2D eigenvalue weighted by Gasteiger charge is -2.62. The molecule has 1 aromatic carbocycles. The summed E-state index contributed by atoms with van der Waals surface area (Å²) in [6.45, 7) is 21.5. The smallest absolute Gasteiger partial charge is 0.235 e. The van der Waals surface area contributed by atoms with E-state index in [-0.39, 0.29) is 34.9 Å². The Labute approximate surface area is 224 Å². The second kappa shape index (κ2) is 8.81. The highest BCUT2D eigenvalue weighted by molar-refractivity contribution is 6.06. The monoisotopic (exact) mass is 505 g/mol. The predicted octanol–water partition coefficient (Wildman–Crippen LogP) is 7.18. The van der Waals surface area contributed by atoms with Gasteiger partial charge in [-0.15, -0.1) is 6.58 Å². The van der Waals surface area contributed by atoms with E-state index in [0.29, 0.717) is 11.8 Å². The average molecular weight is 506 g/mol. The third kappa shape index (κ3) is 4.05. The molecule has 7 unspecified atom stereocenters. The Morgan fingerprint density at radius 1 is 1.11 bits per heavy atom. The van der Waals surface area contributed by atoms with E-state index in [4.69, 9.17) is 11.3 Å². The number of hydrogen-bond acceptors (Lipinski definition) is 3. The van der Waals surface area contributed by atoms with Gasteiger partial charge in [0, 0.05) is 5.69 Å². The predicted molar refractivity (Wildman–Crippen MR) is 151 cm³/mol. The Bertz CT molecular complexity index is 1100. The molecule has 202 valence electrons. The molecular weight excluding hydrogens is 458 g/mol. The van der Waals surface area contributed by atoms with Crippen LogP contribution in [-0.4, -0.2) is 34.4 Å². The lowest BCUT2D eigenvalue weighted by atomic mass is 9.45. The lowest BCUT2D eigenvalue weighted by molar-refractivity contribution is -0.228. The van der Waals surface area contributed by atoms with Crippen molar-refractivity contribution in [2.45, 2.75) is 116 Å². The Morgan fingerprint density at radius 3 is 2.49 bits per heavy atom. The van der Waals surface area contributed by atoms with Crippen molar-refractivity contribution in [3.05, 3.63) is 54.6 Å². The van der Waals surface area contributed by atoms with E-state index < -0.39 is 11.1 Å². The van der Waals surface area contributed by atoms with E-state index in [2.05, 4.69) is 52.5 Å². The molecule has 4 aliphatic rings. The van der Waals surface area contributed by atoms with Crippen molar-refractivity contribution < 1.29 is 14.6 Å². The highest BCUT2D eigenvalue weighted by Gasteiger charge is 2.60. The number of carbonyl (C=O) groups is 1. The number of anilines is 1. The van der Waals surface area contributed by atoms with Gasteiger partial charge < -0.3 is 14.7 Å². The van der Waals surface area contributed by atoms with Gasteiger partial charge >= 0.3 is 0 Å². The van der Waals surface area contributed by atoms with Crippen LogP contribution in [0.4, 0.5) is 5.69 Å². The first-order valence-electron chi connectivity index (χ1n) is 14.4. The largest absolute Gasteiger partial charge is 0.388 e. The number of carbonyl (C=O) groups excluding carboxylic acids is 1. The van der Waals surface area contributed by atoms with Gasteiger partial charge in [-0.25, -0.2) is 0 Å². The van der Waals surface area contributed by atoms with Gasteiger partial charge in [-0.05, 0) is 107 Å². The van der Waals surface area contributed by atoms with Crippen LogP contribution in [0.15, 0.2) is 49.1 Å². The normalized spacial score (nSPS) is 38.1. The van der Waals surface area contributed by atoms with Crippen LogP contribution in [0.2, 0.25) is 0 Å². The first-order chi connectivity index (χ1) is 17.2. The third-order valence-electron chi connectivity index (χ3n) is 11.0. The van der Waals surface area contributed by atoms with Crippen molar-refractivity contribution in [2.75, 3.05) is 4.90 Å². The third-order valence-corrected chi connectivity index (χ3v) is 11.0. The van der Waals surface area contributed by atoms with Gasteiger partial charge in [-0.3, -0.25) is 4.79 Å². The Hall–Kier alpha value is -1.91. The van der Waals surface area contributed by atoms with E-state index in [9.17, 15) is 9.90 Å². The maximum absolute atomic E-state index is 13.9. The molecule has 0 bridgehead atoms. The van der Waals surface area contributed by atoms with E-state index in [1.54, 1.807) is 0 Å². The summed E-state index contributed by atoms with van der Waals surface area (Å²) in [6, 6.07) is 8.30. The van der Waals surface area contributed by atoms with Gasteiger partial charge in [-0.1, -0.05) is 50.3 Å². The Balaban J connectivity index is 1.38. The van der Waals surface area contributed by atoms with Crippen LogP contribution in [0.3, 0.4) is 0 Å². The van der Waals surface area contributed by atoms with Crippen molar-refractivity contribution in [1.82, 2.24) is 0 Å². The van der Waals surface area contributed by atoms with Crippen LogP contribution in [-0.2, 0) is 9.53 Å². The summed E-state index contributed by atoms with van der Waals surface area (Å²) in [5, 5.41) is 10.6. The maximum Gasteiger partial charge on any atom is 0.235 e. The molecule has 3 fully saturated rings. The number of hydrogen-bond donors (Lipinski definition) is 1. The van der Waals surface area contributed by atoms with Crippen molar-refractivity contribution in [2.24, 2.45) is 22.7 Å². The summed E-state index contributed by atoms with van der Waals surface area (Å²) < 4.78 is 6.59. The summed E-state index contributed by atoms with van der Waals surface area (Å²) in [5.74, 6) is 0.923. The van der Waals surface area contributed by atoms with E-state index >= 15 is 0 Å². The van der Waals surface area contributed by atoms with Crippen molar-refractivity contribution in [3.63, 3.8) is 0 Å². The van der Waals surface area contributed by atoms with Crippen LogP contribution in [0.25, 0.3) is 0 Å². The van der Waals surface area contributed by atoms with Crippen molar-refractivity contribution in [3.8, 4) is 0 Å². The molecule has 0 spiro atoms. The van der Waals surface area contributed by atoms with Gasteiger partial charge in [-0.2, -0.15) is 0 Å². The number of rotatable bonds is 5. The molecule has 1 aromatic rings. The second-order valence-corrected chi connectivity index (χ2v) is 14.0. The minimum atomic E-state index is -0.804. The molecule has 37 heavy (non-hydrogen) atoms. The van der Waals surface area contributed by atoms with Crippen LogP contribution < -0.4 is 4.90 Å². The summed E-state index contributed by atoms with van der Waals surface area (Å²) in [5.41, 5.74) is 2.45. The standard InChI is InChI=1S/C33H47NO3/c1-9-30(3,4)34-25-13-11-10-12-23(25)24(29(34)35)20-22-14-15-26-32(7,21(22)2)18-17-28-33(26,8)19-16-27(37-28)31(5,6)36/h9-13,22,24,26-28,36H,1-2,14-20H2,3-8H3. The average Bonchev–Trinajstić information content (AvgIpc) is 3.12. The van der Waals surface area contributed by atoms with E-state index in [0.717, 1.165) is 56.2 Å². The van der Waals surface area contributed by atoms with E-state index in [1.807, 2.05) is 30.9 Å². The van der Waals surface area contributed by atoms with Crippen LogP contribution in [0.5, 0.6) is 0 Å². The number of fused-ring (bicyclic) bond motifs is 4. The molecule has 2 aliphatic carbocycles. The number of nitrogens with zero attached hydrogens (tertiary/aromatic N) is 1. The Kier molecular flexibility index (Phi) is 6.35. The number of ether oxygens (including phenoxy) is 1. The van der Waals surface area contributed by atoms with Crippen molar-refractivity contribution >= 4 is 11.6 Å². The highest BCUT2D eigenvalue weighted by atomic mass is 16.5. The molecule has 2 aliphatic heterocycles. The molecule has 1 amide bonds. The molecule has 1 N–H and O–H groups in total. The number of para-hydroxylation sites is 1. The van der Waals surface area contributed by atoms with Gasteiger partial charge in [0.1, 0.15) is 0 Å². The number of amides is 1. The SMILES string of the molecule is C=CC(C)(C)N1C(=O)C(CC2CCC3C(C)(CCC4OC(C(C)(C)O)CCC43C)C2=C)c2ccccc21. The summed E-state index contributed by atoms with van der Waals surface area (Å²) >= 11 is 0. The summed E-state index contributed by atoms with van der Waals surface area (Å²) in [6.07, 6.45) is 9.10. The van der Waals surface area contributed by atoms with Crippen molar-refractivity contribution in [1.29, 1.82) is 0 Å². The first-order valence-corrected chi connectivity index (χ1v) is 14.4. The fourth-order valence-corrected chi connectivity index (χ4v) is 8.57. The minimum Gasteiger partial charge on any atom is -0.388 e. The number of benzene rings is 1. The summed E-state index contributed by atoms with van der Waals surface area (Å²) in [7, 11) is 0. The molecule has 5 rings (SSSR count). The van der Waals surface area contributed by atoms with Crippen LogP contribution in [0.1, 0.15) is 98.0 Å². The molecule has 2 heterocycles.